The molecule has 4 N–H and O–H groups in total. The Labute approximate surface area is 123 Å². The maximum Gasteiger partial charge on any atom is 0.213 e. The van der Waals surface area contributed by atoms with Crippen molar-refractivity contribution in [3.63, 3.8) is 0 Å². The predicted octanol–water partition coefficient (Wildman–Crippen LogP) is 0.291. The molecule has 1 saturated carbocycles. The zero-order valence-electron chi connectivity index (χ0n) is 11.8. The molecular weight excluding hydrogens is 273 g/mol. The summed E-state index contributed by atoms with van der Waals surface area (Å²) in [5, 5.41) is 12.9. The highest BCUT2D eigenvalue weighted by Crippen LogP contribution is 2.27. The molecular formula is C15H20FN3O2. The first-order valence-corrected chi connectivity index (χ1v) is 7.02. The molecule has 1 fully saturated rings. The number of hydrogen-bond acceptors (Lipinski definition) is 5. The average Bonchev–Trinajstić information content (AvgIpc) is 3.30. The molecule has 0 bridgehead atoms. The standard InChI is InChI=1S/C15H20FN3O2/c16-15-6-5-12(8-19-15)21-10-13(17)14(20)9-18-7-1-2-11-3-4-11/h5-6,8,11,13-14,18,20H,3-4,7,9-10,17H2/t13-,14+/m0/s1. The summed E-state index contributed by atoms with van der Waals surface area (Å²) in [5.41, 5.74) is 5.82. The molecule has 0 radical (unpaired) electrons. The lowest BCUT2D eigenvalue weighted by Crippen LogP contribution is -2.45. The number of hydrogen-bond donors (Lipinski definition) is 3. The van der Waals surface area contributed by atoms with Crippen molar-refractivity contribution in [3.05, 3.63) is 24.3 Å². The normalized spacial score (nSPS) is 16.7. The van der Waals surface area contributed by atoms with Crippen LogP contribution < -0.4 is 15.8 Å². The van der Waals surface area contributed by atoms with E-state index < -0.39 is 18.1 Å². The van der Waals surface area contributed by atoms with Crippen LogP contribution in [0.25, 0.3) is 0 Å². The lowest BCUT2D eigenvalue weighted by atomic mass is 10.2. The second-order valence-corrected chi connectivity index (χ2v) is 5.09. The quantitative estimate of drug-likeness (QED) is 0.382. The highest BCUT2D eigenvalue weighted by Gasteiger charge is 2.17. The van der Waals surface area contributed by atoms with Gasteiger partial charge in [0.2, 0.25) is 5.95 Å². The minimum absolute atomic E-state index is 0.129. The van der Waals surface area contributed by atoms with Gasteiger partial charge in [-0.1, -0.05) is 11.8 Å². The smallest absolute Gasteiger partial charge is 0.213 e. The van der Waals surface area contributed by atoms with Crippen LogP contribution in [-0.2, 0) is 0 Å². The summed E-state index contributed by atoms with van der Waals surface area (Å²) in [6.07, 6.45) is 2.95. The van der Waals surface area contributed by atoms with Crippen LogP contribution in [-0.4, -0.2) is 41.9 Å². The van der Waals surface area contributed by atoms with Gasteiger partial charge >= 0.3 is 0 Å². The Morgan fingerprint density at radius 2 is 2.33 bits per heavy atom. The minimum atomic E-state index is -0.735. The maximum atomic E-state index is 12.6. The van der Waals surface area contributed by atoms with E-state index in [1.54, 1.807) is 0 Å². The molecule has 1 aliphatic carbocycles. The molecule has 2 atom stereocenters. The van der Waals surface area contributed by atoms with Gasteiger partial charge < -0.3 is 20.9 Å². The lowest BCUT2D eigenvalue weighted by molar-refractivity contribution is 0.115. The fourth-order valence-electron chi connectivity index (χ4n) is 1.61. The first kappa shape index (κ1) is 15.7. The van der Waals surface area contributed by atoms with E-state index in [1.807, 2.05) is 0 Å². The molecule has 0 amide bonds. The Bertz CT molecular complexity index is 494. The fourth-order valence-corrected chi connectivity index (χ4v) is 1.61. The molecule has 0 saturated heterocycles. The number of aromatic nitrogens is 1. The van der Waals surface area contributed by atoms with Crippen molar-refractivity contribution in [2.24, 2.45) is 11.7 Å². The van der Waals surface area contributed by atoms with E-state index in [4.69, 9.17) is 10.5 Å². The van der Waals surface area contributed by atoms with Crippen LogP contribution >= 0.6 is 0 Å². The first-order valence-electron chi connectivity index (χ1n) is 7.02. The van der Waals surface area contributed by atoms with Crippen molar-refractivity contribution >= 4 is 0 Å². The summed E-state index contributed by atoms with van der Waals surface area (Å²) in [7, 11) is 0. The molecule has 1 heterocycles. The Morgan fingerprint density at radius 3 is 3.00 bits per heavy atom. The molecule has 2 rings (SSSR count). The summed E-state index contributed by atoms with van der Waals surface area (Å²) in [6, 6.07) is 2.13. The third kappa shape index (κ3) is 6.08. The number of ether oxygens (including phenoxy) is 1. The van der Waals surface area contributed by atoms with Gasteiger partial charge in [0.25, 0.3) is 0 Å². The molecule has 21 heavy (non-hydrogen) atoms. The van der Waals surface area contributed by atoms with E-state index in [2.05, 4.69) is 22.1 Å². The number of nitrogens with one attached hydrogen (secondary N) is 1. The second-order valence-electron chi connectivity index (χ2n) is 5.09. The summed E-state index contributed by atoms with van der Waals surface area (Å²) >= 11 is 0. The average molecular weight is 293 g/mol. The van der Waals surface area contributed by atoms with Crippen molar-refractivity contribution < 1.29 is 14.2 Å². The Morgan fingerprint density at radius 1 is 1.52 bits per heavy atom. The van der Waals surface area contributed by atoms with Gasteiger partial charge in [-0.25, -0.2) is 4.98 Å². The third-order valence-corrected chi connectivity index (χ3v) is 3.09. The Hall–Kier alpha value is -1.68. The van der Waals surface area contributed by atoms with Gasteiger partial charge in [-0.15, -0.1) is 0 Å². The van der Waals surface area contributed by atoms with Crippen LogP contribution in [0.15, 0.2) is 18.3 Å². The van der Waals surface area contributed by atoms with Crippen LogP contribution in [0.5, 0.6) is 5.75 Å². The molecule has 0 spiro atoms. The van der Waals surface area contributed by atoms with E-state index in [0.717, 1.165) is 0 Å². The van der Waals surface area contributed by atoms with Crippen LogP contribution in [0, 0.1) is 23.7 Å². The number of halogens is 1. The molecule has 0 aliphatic heterocycles. The van der Waals surface area contributed by atoms with Gasteiger partial charge in [-0.3, -0.25) is 0 Å². The van der Waals surface area contributed by atoms with Gasteiger partial charge in [0.05, 0.1) is 24.9 Å². The summed E-state index contributed by atoms with van der Waals surface area (Å²) in [4.78, 5) is 3.47. The van der Waals surface area contributed by atoms with Crippen molar-refractivity contribution in [2.45, 2.75) is 25.0 Å². The number of nitrogens with two attached hydrogens (primary N) is 1. The predicted molar refractivity (Wildman–Crippen MR) is 77.0 cm³/mol. The Kier molecular flexibility index (Phi) is 5.93. The number of rotatable bonds is 7. The van der Waals surface area contributed by atoms with E-state index in [-0.39, 0.29) is 6.61 Å². The van der Waals surface area contributed by atoms with Gasteiger partial charge in [0.1, 0.15) is 12.4 Å². The van der Waals surface area contributed by atoms with Crippen LogP contribution in [0.1, 0.15) is 12.8 Å². The van der Waals surface area contributed by atoms with Crippen LogP contribution in [0.4, 0.5) is 4.39 Å². The van der Waals surface area contributed by atoms with E-state index in [9.17, 15) is 9.50 Å². The van der Waals surface area contributed by atoms with Crippen molar-refractivity contribution in [3.8, 4) is 17.6 Å². The Balaban J connectivity index is 1.61. The number of pyridine rings is 1. The SMILES string of the molecule is N[C@@H](COc1ccc(F)nc1)[C@H](O)CNCC#CC1CC1. The van der Waals surface area contributed by atoms with Gasteiger partial charge in [0, 0.05) is 12.5 Å². The van der Waals surface area contributed by atoms with E-state index >= 15 is 0 Å². The van der Waals surface area contributed by atoms with Crippen molar-refractivity contribution in [1.82, 2.24) is 10.3 Å². The van der Waals surface area contributed by atoms with Crippen LogP contribution in [0.3, 0.4) is 0 Å². The lowest BCUT2D eigenvalue weighted by Gasteiger charge is -2.19. The molecule has 1 aromatic rings. The molecule has 1 aliphatic rings. The first-order chi connectivity index (χ1) is 10.1. The van der Waals surface area contributed by atoms with Crippen LogP contribution in [0.2, 0.25) is 0 Å². The third-order valence-electron chi connectivity index (χ3n) is 3.09. The highest BCUT2D eigenvalue weighted by atomic mass is 19.1. The maximum absolute atomic E-state index is 12.6. The van der Waals surface area contributed by atoms with E-state index in [1.165, 1.54) is 31.2 Å². The molecule has 0 aromatic carbocycles. The topological polar surface area (TPSA) is 80.4 Å². The zero-order valence-corrected chi connectivity index (χ0v) is 11.8. The fraction of sp³-hybridized carbons (Fsp3) is 0.533. The van der Waals surface area contributed by atoms with E-state index in [0.29, 0.717) is 24.8 Å². The number of nitrogens with zero attached hydrogens (tertiary/aromatic N) is 1. The van der Waals surface area contributed by atoms with Gasteiger partial charge in [-0.05, 0) is 25.0 Å². The molecule has 5 nitrogen and oxygen atoms in total. The largest absolute Gasteiger partial charge is 0.490 e. The summed E-state index contributed by atoms with van der Waals surface area (Å²) in [6.45, 7) is 1.03. The number of aliphatic hydroxyl groups excluding tert-OH is 1. The minimum Gasteiger partial charge on any atom is -0.490 e. The summed E-state index contributed by atoms with van der Waals surface area (Å²) in [5.74, 6) is 6.57. The van der Waals surface area contributed by atoms with Crippen molar-refractivity contribution in [2.75, 3.05) is 19.7 Å². The molecule has 1 aromatic heterocycles. The van der Waals surface area contributed by atoms with Crippen molar-refractivity contribution in [1.29, 1.82) is 0 Å². The van der Waals surface area contributed by atoms with Gasteiger partial charge in [0.15, 0.2) is 0 Å². The molecule has 6 heteroatoms. The molecule has 0 unspecified atom stereocenters. The second kappa shape index (κ2) is 7.93. The highest BCUT2D eigenvalue weighted by molar-refractivity contribution is 5.16. The molecule has 114 valence electrons. The zero-order chi connectivity index (χ0) is 15.1. The van der Waals surface area contributed by atoms with Gasteiger partial charge in [-0.2, -0.15) is 4.39 Å². The number of aliphatic hydroxyl groups is 1. The summed E-state index contributed by atoms with van der Waals surface area (Å²) < 4.78 is 18.0. The monoisotopic (exact) mass is 293 g/mol.